The van der Waals surface area contributed by atoms with Crippen molar-refractivity contribution in [1.29, 1.82) is 5.26 Å². The minimum absolute atomic E-state index is 0.0417. The number of carbonyl (C=O) groups excluding carboxylic acids is 9. The number of nitrogens with one attached hydrogen (secondary N) is 1. The minimum Gasteiger partial charge on any atom is -0.480 e. The number of benzene rings is 6. The van der Waals surface area contributed by atoms with E-state index in [1.807, 2.05) is 206 Å². The van der Waals surface area contributed by atoms with Crippen LogP contribution in [0.15, 0.2) is 192 Å². The second-order valence-electron chi connectivity index (χ2n) is 38.9. The number of rotatable bonds is 17. The Balaban J connectivity index is 0.000000159. The third kappa shape index (κ3) is 21.0. The molecule has 736 valence electrons. The van der Waals surface area contributed by atoms with Crippen molar-refractivity contribution in [3.63, 3.8) is 0 Å². The standard InChI is InChI=1S/C35H40Cl2N6O4S.C32H34Cl2N4O3S.C28H28Cl2N4O4S.C7H14N2O/c1-19(2)28-29(33(47)42-26(31(38)45)14-15-27(42)32(46)40-16-17-41(21(4)44)20(3)18-40)48-34-39-35(5,23-8-12-25(37)13-9-23)30(43(28)34)22-6-10-24(36)11-7-22;1-18(2)25-26(28(39)37-23(17-35)15-16-24(37)29(40)41-31(3,4)5)42-30-36-32(6,20-9-13-22(34)14-10-20)27(38(25)30)19-7-11-21(33)12-8-19;1-14(2)21-22(25(36)33-19(24(31)35)12-13-20(33)26(37)38)39-27-32-28(3,16-6-10-18(30)11-7-16)23(34(21)27)15-4-8-17(29)9-5-15;1-6-5-8-3-4-9(6)7(2)10/h6-13,19-20,26-27,30H,14-18H2,1-5H3,(H2,38,45);7-14,18,23-24,27H,15-16H2,1-6H3;4-11,14,19-20,23H,12-13H2,1-3H3,(H2,31,35)(H,37,38);6,8H,3-5H2,1-2H3/t20-,26+,27+,30-,35+;23-,24-,27+,32-;19-,20-,23?,28?;6-/m1001/s1. The number of esters is 1. The average molecular weight is 2070 g/mol. The summed E-state index contributed by atoms with van der Waals surface area (Å²) in [5.41, 5.74) is 16.7. The summed E-state index contributed by atoms with van der Waals surface area (Å²) in [5, 5.41) is 28.7. The van der Waals surface area contributed by atoms with E-state index in [4.69, 9.17) is 101 Å². The van der Waals surface area contributed by atoms with E-state index in [-0.39, 0.29) is 78.4 Å². The van der Waals surface area contributed by atoms with Gasteiger partial charge in [0.05, 0.1) is 24.2 Å². The number of piperazine rings is 2. The van der Waals surface area contributed by atoms with Gasteiger partial charge in [-0.3, -0.25) is 38.4 Å². The van der Waals surface area contributed by atoms with Crippen molar-refractivity contribution in [1.82, 2.24) is 49.4 Å². The number of ether oxygens (including phenoxy) is 1. The highest BCUT2D eigenvalue weighted by Crippen LogP contribution is 2.61. The Labute approximate surface area is 854 Å². The summed E-state index contributed by atoms with van der Waals surface area (Å²) < 4.78 is 5.66. The summed E-state index contributed by atoms with van der Waals surface area (Å²) in [6.45, 7) is 34.6. The molecule has 5 fully saturated rings. The van der Waals surface area contributed by atoms with Crippen molar-refractivity contribution >= 4 is 180 Å². The number of carbonyl (C=O) groups is 10. The van der Waals surface area contributed by atoms with Gasteiger partial charge in [-0.1, -0.05) is 184 Å². The van der Waals surface area contributed by atoms with Gasteiger partial charge in [-0.2, -0.15) is 5.26 Å². The van der Waals surface area contributed by atoms with Crippen LogP contribution in [0, 0.1) is 29.1 Å². The van der Waals surface area contributed by atoms with E-state index in [2.05, 4.69) is 46.9 Å². The zero-order chi connectivity index (χ0) is 101. The summed E-state index contributed by atoms with van der Waals surface area (Å²) >= 11 is 41.3. The summed E-state index contributed by atoms with van der Waals surface area (Å²) in [5.74, 6) is -4.65. The molecule has 0 bridgehead atoms. The molecule has 0 aliphatic carbocycles. The lowest BCUT2D eigenvalue weighted by atomic mass is 9.81. The van der Waals surface area contributed by atoms with Crippen LogP contribution in [0.4, 0.5) is 0 Å². The number of likely N-dealkylation sites (tertiary alicyclic amines) is 3. The summed E-state index contributed by atoms with van der Waals surface area (Å²) in [6, 6.07) is 41.9. The molecule has 37 heteroatoms. The number of amidine groups is 3. The van der Waals surface area contributed by atoms with Crippen molar-refractivity contribution in [3.05, 3.63) is 241 Å². The van der Waals surface area contributed by atoms with E-state index in [1.54, 1.807) is 37.5 Å². The van der Waals surface area contributed by atoms with Gasteiger partial charge >= 0.3 is 11.9 Å². The largest absolute Gasteiger partial charge is 0.480 e. The van der Waals surface area contributed by atoms with Gasteiger partial charge in [-0.15, -0.1) is 0 Å². The number of thioether (sulfide) groups is 3. The van der Waals surface area contributed by atoms with Gasteiger partial charge in [0.15, 0.2) is 15.5 Å². The molecule has 6 N–H and O–H groups in total. The smallest absolute Gasteiger partial charge is 0.329 e. The number of aliphatic imine (C=N–C) groups is 3. The van der Waals surface area contributed by atoms with Crippen molar-refractivity contribution in [2.24, 2.45) is 44.2 Å². The molecule has 6 aromatic carbocycles. The molecule has 11 aliphatic heterocycles. The third-order valence-corrected chi connectivity index (χ3v) is 31.9. The number of hydrogen-bond donors (Lipinski definition) is 4. The lowest BCUT2D eigenvalue weighted by Gasteiger charge is -2.41. The van der Waals surface area contributed by atoms with Crippen LogP contribution in [0.1, 0.15) is 201 Å². The third-order valence-electron chi connectivity index (χ3n) is 27.3. The van der Waals surface area contributed by atoms with Gasteiger partial charge < -0.3 is 70.7 Å². The Morgan fingerprint density at radius 2 is 0.777 bits per heavy atom. The predicted octanol–water partition coefficient (Wildman–Crippen LogP) is 17.6. The minimum atomic E-state index is -1.16. The Hall–Kier alpha value is -10.1. The van der Waals surface area contributed by atoms with E-state index in [0.717, 1.165) is 75.0 Å². The number of nitrogens with two attached hydrogens (primary N) is 2. The molecule has 2 unspecified atom stereocenters. The number of halogens is 6. The number of allylic oxidation sites excluding steroid dienone is 3. The van der Waals surface area contributed by atoms with Gasteiger partial charge in [0.2, 0.25) is 29.5 Å². The van der Waals surface area contributed by atoms with Gasteiger partial charge in [-0.05, 0) is 253 Å². The Kier molecular flexibility index (Phi) is 31.8. The number of nitriles is 1. The molecule has 11 aliphatic rings. The van der Waals surface area contributed by atoms with E-state index >= 15 is 0 Å². The van der Waals surface area contributed by atoms with Crippen LogP contribution < -0.4 is 16.8 Å². The SMILES string of the molecule is CC(=O)N1CCN(C(=O)[C@@H]2CC[C@@H](C(N)=O)N2C(=O)C2=C(C(C)C)N3C(=N[C@@](C)(c4ccc(Cl)cc4)[C@H]3c3ccc(Cl)cc3)S2)C[C@H]1C.CC(=O)N1CCNC[C@H]1C.CC(C)C1=C(C(=O)N2[C@H](C#N)CC[C@H]2C(=O)OC(C)(C)C)SC2=N[C@@](C)(c3ccc(Cl)cc3)[C@@H](c3ccc(Cl)cc3)N21.CC(C)C1=C(C(=O)N2[C@H](C(N)=O)CC[C@H]2C(=O)O)SC2=NC(C)(c3ccc(Cl)cc3)C(c3ccc(Cl)cc3)N21. The summed E-state index contributed by atoms with van der Waals surface area (Å²) in [7, 11) is 0. The maximum Gasteiger partial charge on any atom is 0.329 e. The number of carboxylic acids is 1. The molecule has 0 aromatic heterocycles. The molecular weight excluding hydrogens is 1950 g/mol. The van der Waals surface area contributed by atoms with Crippen molar-refractivity contribution in [3.8, 4) is 6.07 Å². The van der Waals surface area contributed by atoms with E-state index in [1.165, 1.54) is 52.0 Å². The fraction of sp³-hybridized carbons (Fsp3) is 0.451. The lowest BCUT2D eigenvalue weighted by molar-refractivity contribution is -0.163. The van der Waals surface area contributed by atoms with E-state index < -0.39 is 94.0 Å². The molecule has 139 heavy (non-hydrogen) atoms. The molecule has 17 rings (SSSR count). The monoisotopic (exact) mass is 2060 g/mol. The van der Waals surface area contributed by atoms with Crippen molar-refractivity contribution < 1.29 is 57.8 Å². The number of nitrogens with zero attached hydrogens (tertiary/aromatic N) is 13. The number of fused-ring (bicyclic) bond motifs is 3. The van der Waals surface area contributed by atoms with Crippen LogP contribution in [0.5, 0.6) is 0 Å². The number of primary amides is 2. The van der Waals surface area contributed by atoms with E-state index in [9.17, 15) is 58.3 Å². The topological polar surface area (TPSA) is 354 Å². The first-order valence-electron chi connectivity index (χ1n) is 46.6. The van der Waals surface area contributed by atoms with Crippen LogP contribution in [-0.4, -0.2) is 217 Å². The van der Waals surface area contributed by atoms with Gasteiger partial charge in [0.25, 0.3) is 17.7 Å². The fourth-order valence-electron chi connectivity index (χ4n) is 20.7. The average Bonchev–Trinajstić information content (AvgIpc) is 1.56. The van der Waals surface area contributed by atoms with Crippen molar-refractivity contribution in [2.45, 2.75) is 238 Å². The molecule has 28 nitrogen and oxygen atoms in total. The maximum absolute atomic E-state index is 14.8. The zero-order valence-corrected chi connectivity index (χ0v) is 87.3. The summed E-state index contributed by atoms with van der Waals surface area (Å²) in [4.78, 5) is 163. The highest BCUT2D eigenvalue weighted by Gasteiger charge is 2.60. The Bertz CT molecular complexity index is 6040. The molecule has 6 aromatic rings. The highest BCUT2D eigenvalue weighted by molar-refractivity contribution is 8.18. The number of carboxylic acid groups (broad SMARTS) is 1. The van der Waals surface area contributed by atoms with Crippen LogP contribution >= 0.6 is 105 Å². The van der Waals surface area contributed by atoms with Crippen LogP contribution in [0.2, 0.25) is 30.1 Å². The molecule has 0 spiro atoms. The first-order chi connectivity index (χ1) is 65.6. The molecular formula is C102H116Cl6N16O12S3. The lowest BCUT2D eigenvalue weighted by Crippen LogP contribution is -2.59. The highest BCUT2D eigenvalue weighted by atomic mass is 35.5. The molecule has 5 saturated heterocycles. The molecule has 8 amide bonds. The quantitative estimate of drug-likeness (QED) is 0.0616. The van der Waals surface area contributed by atoms with Crippen LogP contribution in [-0.2, 0) is 69.3 Å². The molecule has 0 saturated carbocycles. The predicted molar refractivity (Wildman–Crippen MR) is 547 cm³/mol. The summed E-state index contributed by atoms with van der Waals surface area (Å²) in [6.07, 6.45) is 1.77. The number of amides is 8. The number of aliphatic carboxylic acids is 1. The fourth-order valence-corrected chi connectivity index (χ4v) is 25.6. The first-order valence-corrected chi connectivity index (χ1v) is 51.3. The van der Waals surface area contributed by atoms with Crippen molar-refractivity contribution in [2.75, 3.05) is 39.3 Å². The maximum atomic E-state index is 14.8. The van der Waals surface area contributed by atoms with Gasteiger partial charge in [0.1, 0.15) is 73.2 Å². The second-order valence-corrected chi connectivity index (χ2v) is 44.5. The Morgan fingerprint density at radius 1 is 0.460 bits per heavy atom. The van der Waals surface area contributed by atoms with Crippen LogP contribution in [0.3, 0.4) is 0 Å². The normalized spacial score (nSPS) is 26.4. The zero-order valence-electron chi connectivity index (χ0n) is 80.3. The molecule has 11 heterocycles. The number of hydrogen-bond acceptors (Lipinski definition) is 22. The van der Waals surface area contributed by atoms with Gasteiger partial charge in [0, 0.05) is 112 Å². The first kappa shape index (κ1) is 105. The molecule has 14 atom stereocenters. The second kappa shape index (κ2) is 42.2. The van der Waals surface area contributed by atoms with E-state index in [0.29, 0.717) is 112 Å². The van der Waals surface area contributed by atoms with Gasteiger partial charge in [-0.25, -0.2) is 24.6 Å². The Morgan fingerprint density at radius 3 is 1.08 bits per heavy atom. The molecule has 0 radical (unpaired) electrons. The van der Waals surface area contributed by atoms with Crippen LogP contribution in [0.25, 0.3) is 0 Å².